The van der Waals surface area contributed by atoms with Crippen molar-refractivity contribution in [1.29, 1.82) is 0 Å². The number of nitrogens with zero attached hydrogens (tertiary/aromatic N) is 3. The fraction of sp³-hybridized carbons (Fsp3) is 0.625. The van der Waals surface area contributed by atoms with Crippen molar-refractivity contribution >= 4 is 22.8 Å². The molecule has 0 aromatic carbocycles. The number of pyridine rings is 1. The van der Waals surface area contributed by atoms with Gasteiger partial charge in [-0.2, -0.15) is 0 Å². The summed E-state index contributed by atoms with van der Waals surface area (Å²) < 4.78 is 7.37. The van der Waals surface area contributed by atoms with Gasteiger partial charge < -0.3 is 9.30 Å². The zero-order valence-electron chi connectivity index (χ0n) is 13.5. The number of methoxy groups -OCH3 is 1. The fourth-order valence-corrected chi connectivity index (χ4v) is 2.64. The molecule has 0 aliphatic rings. The summed E-state index contributed by atoms with van der Waals surface area (Å²) in [6.45, 7) is 10.0. The molecule has 0 aliphatic heterocycles. The molecule has 0 spiro atoms. The van der Waals surface area contributed by atoms with Crippen LogP contribution in [0.1, 0.15) is 44.0 Å². The summed E-state index contributed by atoms with van der Waals surface area (Å²) in [5, 5.41) is -0.141. The van der Waals surface area contributed by atoms with E-state index in [9.17, 15) is 0 Å². The Bertz CT molecular complexity index is 619. The largest absolute Gasteiger partial charge is 0.385 e. The minimum absolute atomic E-state index is 0.0940. The molecule has 0 radical (unpaired) electrons. The van der Waals surface area contributed by atoms with Gasteiger partial charge in [0, 0.05) is 26.5 Å². The van der Waals surface area contributed by atoms with Crippen LogP contribution in [0.25, 0.3) is 11.2 Å². The van der Waals surface area contributed by atoms with E-state index in [2.05, 4.69) is 34.4 Å². The van der Waals surface area contributed by atoms with Crippen molar-refractivity contribution in [3.63, 3.8) is 0 Å². The zero-order valence-corrected chi connectivity index (χ0v) is 14.2. The Hall–Kier alpha value is -1.13. The van der Waals surface area contributed by atoms with Crippen molar-refractivity contribution in [3.8, 4) is 0 Å². The summed E-state index contributed by atoms with van der Waals surface area (Å²) in [5.41, 5.74) is 3.03. The van der Waals surface area contributed by atoms with Crippen LogP contribution in [0, 0.1) is 12.3 Å². The summed E-state index contributed by atoms with van der Waals surface area (Å²) in [7, 11) is 1.74. The highest BCUT2D eigenvalue weighted by atomic mass is 35.5. The quantitative estimate of drug-likeness (QED) is 0.754. The van der Waals surface area contributed by atoms with E-state index in [1.165, 1.54) is 0 Å². The highest BCUT2D eigenvalue weighted by Crippen LogP contribution is 2.30. The van der Waals surface area contributed by atoms with Crippen LogP contribution >= 0.6 is 11.6 Å². The number of hydrogen-bond acceptors (Lipinski definition) is 3. The molecule has 2 heterocycles. The first-order chi connectivity index (χ1) is 9.84. The zero-order chi connectivity index (χ0) is 15.6. The van der Waals surface area contributed by atoms with Gasteiger partial charge in [0.2, 0.25) is 0 Å². The average molecular weight is 310 g/mol. The van der Waals surface area contributed by atoms with Crippen molar-refractivity contribution in [2.75, 3.05) is 13.7 Å². The molecule has 0 N–H and O–H groups in total. The van der Waals surface area contributed by atoms with Crippen molar-refractivity contribution in [2.24, 2.45) is 5.41 Å². The molecule has 116 valence electrons. The molecular weight excluding hydrogens is 286 g/mol. The number of alkyl halides is 1. The van der Waals surface area contributed by atoms with E-state index >= 15 is 0 Å². The van der Waals surface area contributed by atoms with Crippen molar-refractivity contribution in [2.45, 2.75) is 46.0 Å². The van der Waals surface area contributed by atoms with E-state index in [4.69, 9.17) is 16.3 Å². The number of hydrogen-bond donors (Lipinski definition) is 0. The van der Waals surface area contributed by atoms with E-state index < -0.39 is 0 Å². The summed E-state index contributed by atoms with van der Waals surface area (Å²) in [6.07, 6.45) is 2.86. The van der Waals surface area contributed by atoms with Crippen molar-refractivity contribution < 1.29 is 4.74 Å². The number of aryl methyl sites for hydroxylation is 1. The van der Waals surface area contributed by atoms with Crippen LogP contribution in [0.5, 0.6) is 0 Å². The third kappa shape index (κ3) is 3.74. The first-order valence-corrected chi connectivity index (χ1v) is 7.73. The Kier molecular flexibility index (Phi) is 4.89. The van der Waals surface area contributed by atoms with E-state index in [0.717, 1.165) is 42.1 Å². The third-order valence-corrected chi connectivity index (χ3v) is 3.87. The Morgan fingerprint density at radius 1 is 1.43 bits per heavy atom. The number of halogens is 1. The second-order valence-corrected chi connectivity index (χ2v) is 7.09. The highest BCUT2D eigenvalue weighted by molar-refractivity contribution is 6.20. The van der Waals surface area contributed by atoms with E-state index in [1.807, 2.05) is 20.0 Å². The van der Waals surface area contributed by atoms with Gasteiger partial charge in [-0.25, -0.2) is 9.97 Å². The minimum Gasteiger partial charge on any atom is -0.385 e. The topological polar surface area (TPSA) is 39.9 Å². The fourth-order valence-electron chi connectivity index (χ4n) is 2.47. The van der Waals surface area contributed by atoms with E-state index in [1.54, 1.807) is 7.11 Å². The van der Waals surface area contributed by atoms with Crippen LogP contribution in [-0.4, -0.2) is 28.3 Å². The minimum atomic E-state index is -0.141. The molecule has 1 atom stereocenters. The molecule has 21 heavy (non-hydrogen) atoms. The standard InChI is InChI=1S/C16H24ClN3O/c1-11-8-13-15(18-9-11)20(14(19-13)12(2)17)10-16(3,4)6-7-21-5/h8-9,12H,6-7,10H2,1-5H3. The predicted molar refractivity (Wildman–Crippen MR) is 86.8 cm³/mol. The van der Waals surface area contributed by atoms with Gasteiger partial charge in [-0.05, 0) is 37.3 Å². The van der Waals surface area contributed by atoms with Gasteiger partial charge in [0.05, 0.1) is 5.38 Å². The van der Waals surface area contributed by atoms with Crippen molar-refractivity contribution in [1.82, 2.24) is 14.5 Å². The average Bonchev–Trinajstić information content (AvgIpc) is 2.74. The predicted octanol–water partition coefficient (Wildman–Crippen LogP) is 4.10. The van der Waals surface area contributed by atoms with Gasteiger partial charge >= 0.3 is 0 Å². The third-order valence-electron chi connectivity index (χ3n) is 3.68. The monoisotopic (exact) mass is 309 g/mol. The van der Waals surface area contributed by atoms with Crippen molar-refractivity contribution in [3.05, 3.63) is 23.7 Å². The molecule has 0 saturated carbocycles. The molecule has 0 bridgehead atoms. The van der Waals surface area contributed by atoms with Gasteiger partial charge in [0.15, 0.2) is 5.65 Å². The maximum Gasteiger partial charge on any atom is 0.160 e. The molecule has 0 amide bonds. The number of imidazole rings is 1. The Labute approximate surface area is 131 Å². The summed E-state index contributed by atoms with van der Waals surface area (Å²) >= 11 is 6.32. The van der Waals surface area contributed by atoms with Crippen LogP contribution < -0.4 is 0 Å². The highest BCUT2D eigenvalue weighted by Gasteiger charge is 2.24. The lowest BCUT2D eigenvalue weighted by atomic mass is 9.89. The number of fused-ring (bicyclic) bond motifs is 1. The second kappa shape index (κ2) is 6.32. The van der Waals surface area contributed by atoms with Crippen LogP contribution in [0.15, 0.2) is 12.3 Å². The number of rotatable bonds is 6. The summed E-state index contributed by atoms with van der Waals surface area (Å²) in [5.74, 6) is 0.884. The molecule has 5 heteroatoms. The first-order valence-electron chi connectivity index (χ1n) is 7.30. The van der Waals surface area contributed by atoms with Gasteiger partial charge in [0.25, 0.3) is 0 Å². The maximum atomic E-state index is 6.32. The van der Waals surface area contributed by atoms with Crippen LogP contribution in [0.3, 0.4) is 0 Å². The molecule has 0 fully saturated rings. The molecule has 4 nitrogen and oxygen atoms in total. The normalized spacial score (nSPS) is 13.8. The van der Waals surface area contributed by atoms with Gasteiger partial charge in [-0.15, -0.1) is 11.6 Å². The van der Waals surface area contributed by atoms with Gasteiger partial charge in [0.1, 0.15) is 11.3 Å². The van der Waals surface area contributed by atoms with E-state index in [-0.39, 0.29) is 10.8 Å². The second-order valence-electron chi connectivity index (χ2n) is 6.43. The molecule has 2 aromatic heterocycles. The smallest absolute Gasteiger partial charge is 0.160 e. The van der Waals surface area contributed by atoms with E-state index in [0.29, 0.717) is 0 Å². The summed E-state index contributed by atoms with van der Waals surface area (Å²) in [4.78, 5) is 9.23. The molecule has 0 aliphatic carbocycles. The Morgan fingerprint density at radius 2 is 2.14 bits per heavy atom. The van der Waals surface area contributed by atoms with Gasteiger partial charge in [-0.3, -0.25) is 0 Å². The first kappa shape index (κ1) is 16.2. The number of ether oxygens (including phenoxy) is 1. The van der Waals surface area contributed by atoms with Crippen LogP contribution in [0.2, 0.25) is 0 Å². The molecule has 2 rings (SSSR count). The molecule has 0 saturated heterocycles. The van der Waals surface area contributed by atoms with Crippen LogP contribution in [-0.2, 0) is 11.3 Å². The molecular formula is C16H24ClN3O. The lowest BCUT2D eigenvalue weighted by Gasteiger charge is -2.26. The summed E-state index contributed by atoms with van der Waals surface area (Å²) in [6, 6.07) is 2.06. The van der Waals surface area contributed by atoms with Crippen LogP contribution in [0.4, 0.5) is 0 Å². The molecule has 2 aromatic rings. The lowest BCUT2D eigenvalue weighted by Crippen LogP contribution is -2.23. The number of aromatic nitrogens is 3. The lowest BCUT2D eigenvalue weighted by molar-refractivity contribution is 0.142. The Balaban J connectivity index is 2.43. The Morgan fingerprint density at radius 3 is 2.76 bits per heavy atom. The SMILES string of the molecule is COCCC(C)(C)Cn1c(C(C)Cl)nc2cc(C)cnc21. The maximum absolute atomic E-state index is 6.32. The van der Waals surface area contributed by atoms with Gasteiger partial charge in [-0.1, -0.05) is 13.8 Å². The molecule has 1 unspecified atom stereocenters.